The van der Waals surface area contributed by atoms with E-state index in [1.165, 1.54) is 19.4 Å². The maximum Gasteiger partial charge on any atom is 0.00612 e. The summed E-state index contributed by atoms with van der Waals surface area (Å²) >= 11 is 0. The van der Waals surface area contributed by atoms with Gasteiger partial charge in [-0.2, -0.15) is 0 Å². The van der Waals surface area contributed by atoms with E-state index in [9.17, 15) is 0 Å². The summed E-state index contributed by atoms with van der Waals surface area (Å²) in [5.74, 6) is 0. The average Bonchev–Trinajstić information content (AvgIpc) is 1.87. The molecular formula is C8H19N. The lowest BCUT2D eigenvalue weighted by Gasteiger charge is -2.22. The second-order valence-corrected chi connectivity index (χ2v) is 2.74. The van der Waals surface area contributed by atoms with Gasteiger partial charge in [0.25, 0.3) is 0 Å². The van der Waals surface area contributed by atoms with Crippen molar-refractivity contribution >= 4 is 0 Å². The van der Waals surface area contributed by atoms with Crippen LogP contribution in [-0.2, 0) is 0 Å². The fourth-order valence-corrected chi connectivity index (χ4v) is 0.885. The third-order valence-electron chi connectivity index (χ3n) is 1.92. The Morgan fingerprint density at radius 3 is 2.22 bits per heavy atom. The molecule has 0 aromatic heterocycles. The lowest BCUT2D eigenvalue weighted by Crippen LogP contribution is -2.28. The first-order valence-electron chi connectivity index (χ1n) is 3.92. The summed E-state index contributed by atoms with van der Waals surface area (Å²) in [7, 11) is 2.19. The van der Waals surface area contributed by atoms with Crippen LogP contribution in [0.3, 0.4) is 0 Å². The molecule has 0 aliphatic carbocycles. The highest BCUT2D eigenvalue weighted by atomic mass is 15.1. The highest BCUT2D eigenvalue weighted by Gasteiger charge is 2.02. The second-order valence-electron chi connectivity index (χ2n) is 2.74. The summed E-state index contributed by atoms with van der Waals surface area (Å²) in [5, 5.41) is 0. The topological polar surface area (TPSA) is 3.24 Å². The van der Waals surface area contributed by atoms with Gasteiger partial charge in [-0.25, -0.2) is 0 Å². The highest BCUT2D eigenvalue weighted by molar-refractivity contribution is 4.58. The molecule has 0 heterocycles. The van der Waals surface area contributed by atoms with E-state index in [1.54, 1.807) is 0 Å². The van der Waals surface area contributed by atoms with Crippen LogP contribution in [0.5, 0.6) is 0 Å². The van der Waals surface area contributed by atoms with Gasteiger partial charge in [0.1, 0.15) is 0 Å². The van der Waals surface area contributed by atoms with Crippen molar-refractivity contribution in [3.8, 4) is 0 Å². The first-order valence-corrected chi connectivity index (χ1v) is 3.92. The molecule has 0 unspecified atom stereocenters. The Morgan fingerprint density at radius 2 is 1.89 bits per heavy atom. The van der Waals surface area contributed by atoms with Crippen molar-refractivity contribution in [3.63, 3.8) is 0 Å². The lowest BCUT2D eigenvalue weighted by atomic mass is 10.2. The van der Waals surface area contributed by atoms with Crippen LogP contribution in [0.2, 0.25) is 0 Å². The molecule has 56 valence electrons. The zero-order valence-corrected chi connectivity index (χ0v) is 7.15. The minimum absolute atomic E-state index is 0.755. The van der Waals surface area contributed by atoms with Crippen LogP contribution >= 0.6 is 0 Å². The first-order chi connectivity index (χ1) is 4.22. The van der Waals surface area contributed by atoms with Gasteiger partial charge < -0.3 is 4.90 Å². The molecule has 0 N–H and O–H groups in total. The third-order valence-corrected chi connectivity index (χ3v) is 1.92. The molecule has 0 saturated heterocycles. The van der Waals surface area contributed by atoms with Crippen LogP contribution in [0.25, 0.3) is 0 Å². The van der Waals surface area contributed by atoms with Crippen molar-refractivity contribution < 1.29 is 0 Å². The Bertz CT molecular complexity index is 61.6. The van der Waals surface area contributed by atoms with Crippen molar-refractivity contribution in [2.24, 2.45) is 0 Å². The van der Waals surface area contributed by atoms with Gasteiger partial charge in [-0.3, -0.25) is 0 Å². The zero-order valence-electron chi connectivity index (χ0n) is 7.15. The number of hydrogen-bond donors (Lipinski definition) is 0. The molecule has 0 saturated carbocycles. The van der Waals surface area contributed by atoms with Crippen LogP contribution < -0.4 is 0 Å². The average molecular weight is 129 g/mol. The molecule has 0 rings (SSSR count). The quantitative estimate of drug-likeness (QED) is 0.562. The normalized spacial score (nSPS) is 14.3. The van der Waals surface area contributed by atoms with E-state index < -0.39 is 0 Å². The maximum atomic E-state index is 2.40. The number of nitrogens with zero attached hydrogens (tertiary/aromatic N) is 1. The van der Waals surface area contributed by atoms with E-state index in [0.717, 1.165) is 6.04 Å². The fourth-order valence-electron chi connectivity index (χ4n) is 0.885. The Hall–Kier alpha value is -0.0400. The molecule has 0 aliphatic rings. The van der Waals surface area contributed by atoms with E-state index >= 15 is 0 Å². The molecule has 0 fully saturated rings. The molecule has 0 radical (unpaired) electrons. The summed E-state index contributed by atoms with van der Waals surface area (Å²) in [6.07, 6.45) is 2.53. The molecular weight excluding hydrogens is 110 g/mol. The highest BCUT2D eigenvalue weighted by Crippen LogP contribution is 1.99. The monoisotopic (exact) mass is 129 g/mol. The van der Waals surface area contributed by atoms with Crippen LogP contribution in [0.15, 0.2) is 0 Å². The Morgan fingerprint density at radius 1 is 1.33 bits per heavy atom. The van der Waals surface area contributed by atoms with Gasteiger partial charge in [-0.1, -0.05) is 13.8 Å². The van der Waals surface area contributed by atoms with Crippen LogP contribution in [-0.4, -0.2) is 24.5 Å². The summed E-state index contributed by atoms with van der Waals surface area (Å²) in [4.78, 5) is 2.40. The molecule has 0 spiro atoms. The SMILES string of the molecule is CCCN(C)[C@@H](C)CC. The standard InChI is InChI=1S/C8H19N/c1-5-7-9(4)8(3)6-2/h8H,5-7H2,1-4H3/t8-/m0/s1. The van der Waals surface area contributed by atoms with Crippen molar-refractivity contribution in [3.05, 3.63) is 0 Å². The van der Waals surface area contributed by atoms with E-state index in [4.69, 9.17) is 0 Å². The van der Waals surface area contributed by atoms with Gasteiger partial charge in [-0.15, -0.1) is 0 Å². The molecule has 0 bridgehead atoms. The van der Waals surface area contributed by atoms with Crippen LogP contribution in [0, 0.1) is 0 Å². The van der Waals surface area contributed by atoms with Gasteiger partial charge in [0.05, 0.1) is 0 Å². The number of rotatable bonds is 4. The zero-order chi connectivity index (χ0) is 7.28. The van der Waals surface area contributed by atoms with Crippen LogP contribution in [0.1, 0.15) is 33.6 Å². The Labute approximate surface area is 59.1 Å². The smallest absolute Gasteiger partial charge is 0.00612 e. The Kier molecular flexibility index (Phi) is 4.78. The van der Waals surface area contributed by atoms with E-state index in [0.29, 0.717) is 0 Å². The predicted octanol–water partition coefficient (Wildman–Crippen LogP) is 2.13. The molecule has 1 heteroatoms. The predicted molar refractivity (Wildman–Crippen MR) is 42.7 cm³/mol. The van der Waals surface area contributed by atoms with Crippen molar-refractivity contribution in [1.82, 2.24) is 4.90 Å². The Balaban J connectivity index is 3.32. The van der Waals surface area contributed by atoms with Crippen molar-refractivity contribution in [1.29, 1.82) is 0 Å². The lowest BCUT2D eigenvalue weighted by molar-refractivity contribution is 0.252. The summed E-state index contributed by atoms with van der Waals surface area (Å²) in [6, 6.07) is 0.755. The molecule has 1 atom stereocenters. The van der Waals surface area contributed by atoms with Crippen molar-refractivity contribution in [2.75, 3.05) is 13.6 Å². The van der Waals surface area contributed by atoms with E-state index in [2.05, 4.69) is 32.7 Å². The molecule has 0 aromatic rings. The third kappa shape index (κ3) is 3.52. The molecule has 0 aliphatic heterocycles. The summed E-state index contributed by atoms with van der Waals surface area (Å²) in [5.41, 5.74) is 0. The second kappa shape index (κ2) is 4.80. The van der Waals surface area contributed by atoms with E-state index in [-0.39, 0.29) is 0 Å². The number of hydrogen-bond acceptors (Lipinski definition) is 1. The largest absolute Gasteiger partial charge is 0.304 e. The van der Waals surface area contributed by atoms with Gasteiger partial charge in [0, 0.05) is 6.04 Å². The van der Waals surface area contributed by atoms with Crippen molar-refractivity contribution in [2.45, 2.75) is 39.7 Å². The fraction of sp³-hybridized carbons (Fsp3) is 1.00. The van der Waals surface area contributed by atoms with E-state index in [1.807, 2.05) is 0 Å². The molecule has 1 nitrogen and oxygen atoms in total. The van der Waals surface area contributed by atoms with Crippen LogP contribution in [0.4, 0.5) is 0 Å². The minimum Gasteiger partial charge on any atom is -0.304 e. The van der Waals surface area contributed by atoms with Gasteiger partial charge in [-0.05, 0) is 33.4 Å². The van der Waals surface area contributed by atoms with Gasteiger partial charge in [0.15, 0.2) is 0 Å². The minimum atomic E-state index is 0.755. The maximum absolute atomic E-state index is 2.40. The molecule has 0 amide bonds. The molecule has 9 heavy (non-hydrogen) atoms. The molecule has 0 aromatic carbocycles. The summed E-state index contributed by atoms with van der Waals surface area (Å²) < 4.78 is 0. The van der Waals surface area contributed by atoms with Gasteiger partial charge >= 0.3 is 0 Å². The first kappa shape index (κ1) is 8.96. The van der Waals surface area contributed by atoms with Gasteiger partial charge in [0.2, 0.25) is 0 Å². The summed E-state index contributed by atoms with van der Waals surface area (Å²) in [6.45, 7) is 7.96.